The molecule has 1 fully saturated rings. The first kappa shape index (κ1) is 28.8. The maximum absolute atomic E-state index is 13.0. The van der Waals surface area contributed by atoms with E-state index in [1.54, 1.807) is 24.3 Å². The van der Waals surface area contributed by atoms with Gasteiger partial charge in [0.05, 0.1) is 34.1 Å². The predicted molar refractivity (Wildman–Crippen MR) is 141 cm³/mol. The number of nitro groups is 1. The van der Waals surface area contributed by atoms with Crippen LogP contribution in [0.15, 0.2) is 65.6 Å². The number of hydrogen-bond acceptors (Lipinski definition) is 8. The molecule has 0 N–H and O–H groups in total. The Labute approximate surface area is 234 Å². The van der Waals surface area contributed by atoms with Crippen LogP contribution in [0.1, 0.15) is 11.1 Å². The number of carbonyl (C=O) groups is 2. The molecule has 0 spiro atoms. The number of ether oxygens (including phenoxy) is 3. The second-order valence-electron chi connectivity index (χ2n) is 8.06. The van der Waals surface area contributed by atoms with Crippen molar-refractivity contribution in [3.63, 3.8) is 0 Å². The van der Waals surface area contributed by atoms with Crippen molar-refractivity contribution in [3.8, 4) is 23.0 Å². The van der Waals surface area contributed by atoms with E-state index in [0.29, 0.717) is 28.5 Å². The highest BCUT2D eigenvalue weighted by atomic mass is 35.5. The number of alkyl halides is 3. The van der Waals surface area contributed by atoms with Crippen molar-refractivity contribution in [2.75, 3.05) is 20.3 Å². The maximum atomic E-state index is 13.0. The van der Waals surface area contributed by atoms with E-state index >= 15 is 0 Å². The first-order valence-corrected chi connectivity index (χ1v) is 12.5. The number of thioether (sulfide) groups is 1. The lowest BCUT2D eigenvalue weighted by Gasteiger charge is -2.14. The summed E-state index contributed by atoms with van der Waals surface area (Å²) in [7, 11) is 1.29. The summed E-state index contributed by atoms with van der Waals surface area (Å²) >= 11 is 6.77. The van der Waals surface area contributed by atoms with Crippen molar-refractivity contribution < 1.29 is 41.9 Å². The Morgan fingerprint density at radius 3 is 2.42 bits per heavy atom. The molecular formula is C26H18ClF3N2O7S. The summed E-state index contributed by atoms with van der Waals surface area (Å²) in [6.07, 6.45) is -3.32. The van der Waals surface area contributed by atoms with Crippen LogP contribution in [0.2, 0.25) is 5.02 Å². The number of hydrogen-bond donors (Lipinski definition) is 0. The average molecular weight is 595 g/mol. The van der Waals surface area contributed by atoms with Crippen molar-refractivity contribution >= 4 is 46.3 Å². The average Bonchev–Trinajstić information content (AvgIpc) is 3.17. The zero-order chi connectivity index (χ0) is 29.0. The number of amides is 2. The van der Waals surface area contributed by atoms with Gasteiger partial charge >= 0.3 is 11.9 Å². The summed E-state index contributed by atoms with van der Waals surface area (Å²) in [4.78, 5) is 36.8. The van der Waals surface area contributed by atoms with Gasteiger partial charge in [-0.1, -0.05) is 29.8 Å². The molecule has 0 atom stereocenters. The van der Waals surface area contributed by atoms with Gasteiger partial charge < -0.3 is 14.2 Å². The standard InChI is InChI=1S/C26H18ClF3N2O7S/c1-37-22-12-15(6-8-21(22)39-20-9-7-16(26(28,29)30)14-18(20)32(35)36)13-23-24(33)31(25(34)40-23)10-11-38-19-5-3-2-4-17(19)27/h2-9,12-14H,10-11H2,1H3/b23-13-. The van der Waals surface area contributed by atoms with E-state index < -0.39 is 39.2 Å². The van der Waals surface area contributed by atoms with E-state index in [9.17, 15) is 32.9 Å². The third-order valence-electron chi connectivity index (χ3n) is 5.47. The molecule has 0 aromatic heterocycles. The lowest BCUT2D eigenvalue weighted by molar-refractivity contribution is -0.385. The van der Waals surface area contributed by atoms with Crippen LogP contribution in [-0.2, 0) is 11.0 Å². The van der Waals surface area contributed by atoms with Gasteiger partial charge in [0, 0.05) is 6.07 Å². The largest absolute Gasteiger partial charge is 0.493 e. The lowest BCUT2D eigenvalue weighted by atomic mass is 10.1. The molecule has 1 aliphatic rings. The van der Waals surface area contributed by atoms with Crippen LogP contribution in [0.4, 0.5) is 23.7 Å². The second-order valence-corrected chi connectivity index (χ2v) is 9.46. The molecule has 4 rings (SSSR count). The van der Waals surface area contributed by atoms with Crippen LogP contribution in [-0.4, -0.2) is 41.2 Å². The fourth-order valence-corrected chi connectivity index (χ4v) is 4.61. The molecular weight excluding hydrogens is 577 g/mol. The van der Waals surface area contributed by atoms with E-state index in [4.69, 9.17) is 25.8 Å². The minimum absolute atomic E-state index is 0.00473. The van der Waals surface area contributed by atoms with Gasteiger partial charge in [0.2, 0.25) is 5.75 Å². The number of imide groups is 1. The maximum Gasteiger partial charge on any atom is 0.416 e. The third-order valence-corrected chi connectivity index (χ3v) is 6.69. The van der Waals surface area contributed by atoms with Gasteiger partial charge in [-0.2, -0.15) is 13.2 Å². The third kappa shape index (κ3) is 6.49. The van der Waals surface area contributed by atoms with Crippen LogP contribution in [0.5, 0.6) is 23.0 Å². The number of methoxy groups -OCH3 is 1. The molecule has 1 aliphatic heterocycles. The molecule has 0 bridgehead atoms. The Bertz CT molecular complexity index is 1510. The Kier molecular flexibility index (Phi) is 8.55. The molecule has 0 saturated carbocycles. The van der Waals surface area contributed by atoms with Crippen molar-refractivity contribution in [2.24, 2.45) is 0 Å². The molecule has 3 aromatic carbocycles. The van der Waals surface area contributed by atoms with Crippen LogP contribution in [0, 0.1) is 10.1 Å². The summed E-state index contributed by atoms with van der Waals surface area (Å²) < 4.78 is 55.3. The van der Waals surface area contributed by atoms with Gasteiger partial charge in [-0.3, -0.25) is 24.6 Å². The molecule has 14 heteroatoms. The van der Waals surface area contributed by atoms with Crippen LogP contribution in [0.25, 0.3) is 6.08 Å². The van der Waals surface area contributed by atoms with E-state index in [1.807, 2.05) is 0 Å². The van der Waals surface area contributed by atoms with Gasteiger partial charge in [-0.05, 0) is 59.8 Å². The van der Waals surface area contributed by atoms with Gasteiger partial charge in [-0.25, -0.2) is 0 Å². The van der Waals surface area contributed by atoms with Gasteiger partial charge in [0.1, 0.15) is 12.4 Å². The Morgan fingerprint density at radius 1 is 1.02 bits per heavy atom. The Morgan fingerprint density at radius 2 is 1.75 bits per heavy atom. The van der Waals surface area contributed by atoms with Crippen LogP contribution >= 0.6 is 23.4 Å². The van der Waals surface area contributed by atoms with Gasteiger partial charge in [0.25, 0.3) is 11.1 Å². The SMILES string of the molecule is COc1cc(/C=C2\SC(=O)N(CCOc3ccccc3Cl)C2=O)ccc1Oc1ccc(C(F)(F)F)cc1[N+](=O)[O-]. The molecule has 0 radical (unpaired) electrons. The van der Waals surface area contributed by atoms with Crippen molar-refractivity contribution in [3.05, 3.63) is 91.8 Å². The number of benzene rings is 3. The molecule has 3 aromatic rings. The zero-order valence-electron chi connectivity index (χ0n) is 20.4. The van der Waals surface area contributed by atoms with Crippen molar-refractivity contribution in [2.45, 2.75) is 6.18 Å². The molecule has 9 nitrogen and oxygen atoms in total. The number of rotatable bonds is 9. The summed E-state index contributed by atoms with van der Waals surface area (Å²) in [5, 5.41) is 11.3. The molecule has 1 saturated heterocycles. The second kappa shape index (κ2) is 11.9. The summed E-state index contributed by atoms with van der Waals surface area (Å²) in [6.45, 7) is 0.0280. The minimum Gasteiger partial charge on any atom is -0.493 e. The van der Waals surface area contributed by atoms with E-state index in [0.717, 1.165) is 22.7 Å². The van der Waals surface area contributed by atoms with Crippen LogP contribution < -0.4 is 14.2 Å². The normalized spacial score (nSPS) is 14.5. The van der Waals surface area contributed by atoms with Gasteiger partial charge in [0.15, 0.2) is 11.5 Å². The number of nitro benzene ring substituents is 1. The number of para-hydroxylation sites is 1. The molecule has 0 unspecified atom stereocenters. The fourth-order valence-electron chi connectivity index (χ4n) is 3.55. The number of carbonyl (C=O) groups excluding carboxylic acids is 2. The zero-order valence-corrected chi connectivity index (χ0v) is 22.0. The van der Waals surface area contributed by atoms with E-state index in [-0.39, 0.29) is 29.6 Å². The smallest absolute Gasteiger partial charge is 0.416 e. The molecule has 40 heavy (non-hydrogen) atoms. The van der Waals surface area contributed by atoms with Crippen LogP contribution in [0.3, 0.4) is 0 Å². The molecule has 0 aliphatic carbocycles. The first-order chi connectivity index (χ1) is 19.0. The highest BCUT2D eigenvalue weighted by Crippen LogP contribution is 2.41. The highest BCUT2D eigenvalue weighted by molar-refractivity contribution is 8.18. The fraction of sp³-hybridized carbons (Fsp3) is 0.154. The van der Waals surface area contributed by atoms with Gasteiger partial charge in [-0.15, -0.1) is 0 Å². The molecule has 1 heterocycles. The van der Waals surface area contributed by atoms with Crippen molar-refractivity contribution in [1.82, 2.24) is 4.90 Å². The number of nitrogens with zero attached hydrogens (tertiary/aromatic N) is 2. The predicted octanol–water partition coefficient (Wildman–Crippen LogP) is 7.18. The molecule has 208 valence electrons. The monoisotopic (exact) mass is 594 g/mol. The van der Waals surface area contributed by atoms with Crippen molar-refractivity contribution in [1.29, 1.82) is 0 Å². The Hall–Kier alpha value is -4.23. The topological polar surface area (TPSA) is 108 Å². The quantitative estimate of drug-likeness (QED) is 0.146. The van der Waals surface area contributed by atoms with E-state index in [2.05, 4.69) is 0 Å². The lowest BCUT2D eigenvalue weighted by Crippen LogP contribution is -2.32. The highest BCUT2D eigenvalue weighted by Gasteiger charge is 2.35. The first-order valence-electron chi connectivity index (χ1n) is 11.3. The summed E-state index contributed by atoms with van der Waals surface area (Å²) in [5.74, 6) is -0.480. The summed E-state index contributed by atoms with van der Waals surface area (Å²) in [5.41, 5.74) is -1.64. The Balaban J connectivity index is 1.49. The minimum atomic E-state index is -4.77. The van der Waals surface area contributed by atoms with E-state index in [1.165, 1.54) is 31.4 Å². The number of halogens is 4. The molecule has 2 amide bonds. The summed E-state index contributed by atoms with van der Waals surface area (Å²) in [6, 6.07) is 13.0.